The number of hydrogen-bond donors (Lipinski definition) is 1. The number of nitrogens with zero attached hydrogens (tertiary/aromatic N) is 4. The molecule has 0 aliphatic heterocycles. The summed E-state index contributed by atoms with van der Waals surface area (Å²) in [4.78, 5) is 12.9. The number of ether oxygens (including phenoxy) is 1. The van der Waals surface area contributed by atoms with Crippen LogP contribution in [-0.4, -0.2) is 27.9 Å². The van der Waals surface area contributed by atoms with Gasteiger partial charge in [-0.25, -0.2) is 23.4 Å². The summed E-state index contributed by atoms with van der Waals surface area (Å²) in [7, 11) is -3.66. The lowest BCUT2D eigenvalue weighted by molar-refractivity contribution is 0.461. The molecular weight excluding hydrogens is 414 g/mol. The van der Waals surface area contributed by atoms with Crippen LogP contribution in [0.2, 0.25) is 0 Å². The number of imidazole rings is 1. The highest BCUT2D eigenvalue weighted by Gasteiger charge is 2.14. The van der Waals surface area contributed by atoms with E-state index in [1.807, 2.05) is 25.3 Å². The molecule has 0 unspecified atom stereocenters. The molecule has 4 aromatic rings. The Bertz CT molecular complexity index is 1310. The number of aromatic nitrogens is 4. The van der Waals surface area contributed by atoms with Crippen molar-refractivity contribution in [3.05, 3.63) is 84.2 Å². The van der Waals surface area contributed by atoms with Crippen LogP contribution in [0.3, 0.4) is 0 Å². The highest BCUT2D eigenvalue weighted by Crippen LogP contribution is 2.24. The van der Waals surface area contributed by atoms with Crippen molar-refractivity contribution >= 4 is 15.7 Å². The number of nitrogens with one attached hydrogen (secondary N) is 1. The molecule has 31 heavy (non-hydrogen) atoms. The molecule has 0 saturated carbocycles. The molecule has 0 aliphatic carbocycles. The highest BCUT2D eigenvalue weighted by atomic mass is 32.2. The van der Waals surface area contributed by atoms with Gasteiger partial charge in [-0.15, -0.1) is 0 Å². The van der Waals surface area contributed by atoms with Crippen LogP contribution in [0.15, 0.2) is 72.1 Å². The molecule has 2 aromatic carbocycles. The third-order valence-electron chi connectivity index (χ3n) is 4.79. The Morgan fingerprint density at radius 1 is 0.903 bits per heavy atom. The Hall–Kier alpha value is -3.72. The largest absolute Gasteiger partial charge is 0.439 e. The number of hydrogen-bond acceptors (Lipinski definition) is 6. The van der Waals surface area contributed by atoms with Gasteiger partial charge >= 0.3 is 0 Å². The zero-order valence-corrected chi connectivity index (χ0v) is 18.1. The van der Waals surface area contributed by atoms with Crippen LogP contribution in [0.1, 0.15) is 17.0 Å². The van der Waals surface area contributed by atoms with Crippen molar-refractivity contribution in [3.8, 4) is 17.4 Å². The van der Waals surface area contributed by atoms with Gasteiger partial charge in [-0.2, -0.15) is 0 Å². The minimum absolute atomic E-state index is 0.206. The van der Waals surface area contributed by atoms with Crippen molar-refractivity contribution in [2.75, 3.05) is 4.72 Å². The van der Waals surface area contributed by atoms with Crippen LogP contribution in [0.4, 0.5) is 5.69 Å². The van der Waals surface area contributed by atoms with E-state index in [1.165, 1.54) is 6.33 Å². The van der Waals surface area contributed by atoms with E-state index in [4.69, 9.17) is 4.74 Å². The van der Waals surface area contributed by atoms with E-state index in [2.05, 4.69) is 19.7 Å². The quantitative estimate of drug-likeness (QED) is 0.488. The molecule has 1 N–H and O–H groups in total. The SMILES string of the molecule is Cc1ccc(S(=O)(=O)Nc2ccc(Oc3cc(-n4cnc(C)c4C)ncn3)cc2)cc1. The van der Waals surface area contributed by atoms with Crippen molar-refractivity contribution in [1.82, 2.24) is 19.5 Å². The average molecular weight is 436 g/mol. The first-order valence-electron chi connectivity index (χ1n) is 9.52. The molecule has 2 heterocycles. The monoisotopic (exact) mass is 435 g/mol. The lowest BCUT2D eigenvalue weighted by Gasteiger charge is -2.10. The summed E-state index contributed by atoms with van der Waals surface area (Å²) in [6.07, 6.45) is 3.12. The molecule has 9 heteroatoms. The van der Waals surface area contributed by atoms with Crippen LogP contribution in [0.5, 0.6) is 11.6 Å². The molecular formula is C22H21N5O3S. The van der Waals surface area contributed by atoms with Gasteiger partial charge in [-0.05, 0) is 57.2 Å². The fraction of sp³-hybridized carbons (Fsp3) is 0.136. The molecule has 8 nitrogen and oxygen atoms in total. The van der Waals surface area contributed by atoms with Crippen LogP contribution < -0.4 is 9.46 Å². The molecule has 0 radical (unpaired) electrons. The van der Waals surface area contributed by atoms with Gasteiger partial charge in [0.1, 0.15) is 24.2 Å². The lowest BCUT2D eigenvalue weighted by Crippen LogP contribution is -2.12. The van der Waals surface area contributed by atoms with Crippen LogP contribution >= 0.6 is 0 Å². The summed E-state index contributed by atoms with van der Waals surface area (Å²) in [6.45, 7) is 5.79. The molecule has 2 aromatic heterocycles. The molecule has 158 valence electrons. The minimum Gasteiger partial charge on any atom is -0.439 e. The van der Waals surface area contributed by atoms with Gasteiger partial charge in [-0.1, -0.05) is 17.7 Å². The van der Waals surface area contributed by atoms with Crippen LogP contribution in [0.25, 0.3) is 5.82 Å². The van der Waals surface area contributed by atoms with Crippen molar-refractivity contribution in [3.63, 3.8) is 0 Å². The second-order valence-electron chi connectivity index (χ2n) is 7.04. The van der Waals surface area contributed by atoms with E-state index in [0.717, 1.165) is 17.0 Å². The average Bonchev–Trinajstić information content (AvgIpc) is 3.08. The van der Waals surface area contributed by atoms with E-state index in [9.17, 15) is 8.42 Å². The van der Waals surface area contributed by atoms with Gasteiger partial charge in [-0.3, -0.25) is 9.29 Å². The van der Waals surface area contributed by atoms with E-state index < -0.39 is 10.0 Å². The molecule has 0 saturated heterocycles. The Morgan fingerprint density at radius 2 is 1.61 bits per heavy atom. The Balaban J connectivity index is 1.48. The smallest absolute Gasteiger partial charge is 0.261 e. The van der Waals surface area contributed by atoms with Gasteiger partial charge in [0.2, 0.25) is 5.88 Å². The zero-order chi connectivity index (χ0) is 22.0. The van der Waals surface area contributed by atoms with Crippen molar-refractivity contribution < 1.29 is 13.2 Å². The molecule has 0 atom stereocenters. The van der Waals surface area contributed by atoms with Gasteiger partial charge < -0.3 is 4.74 Å². The van der Waals surface area contributed by atoms with E-state index in [-0.39, 0.29) is 4.90 Å². The van der Waals surface area contributed by atoms with Crippen molar-refractivity contribution in [2.24, 2.45) is 0 Å². The second kappa shape index (κ2) is 8.19. The number of sulfonamides is 1. The first-order chi connectivity index (χ1) is 14.8. The first-order valence-corrected chi connectivity index (χ1v) is 11.0. The van der Waals surface area contributed by atoms with E-state index >= 15 is 0 Å². The molecule has 4 rings (SSSR count). The molecule has 0 bridgehead atoms. The Kier molecular flexibility index (Phi) is 5.43. The Morgan fingerprint density at radius 3 is 2.26 bits per heavy atom. The third kappa shape index (κ3) is 4.56. The summed E-state index contributed by atoms with van der Waals surface area (Å²) in [5.41, 5.74) is 3.33. The van der Waals surface area contributed by atoms with Crippen molar-refractivity contribution in [1.29, 1.82) is 0 Å². The fourth-order valence-corrected chi connectivity index (χ4v) is 3.95. The Labute approximate surface area is 180 Å². The second-order valence-corrected chi connectivity index (χ2v) is 8.73. The number of benzene rings is 2. The number of aryl methyl sites for hydroxylation is 2. The molecule has 0 aliphatic rings. The minimum atomic E-state index is -3.66. The predicted molar refractivity (Wildman–Crippen MR) is 117 cm³/mol. The van der Waals surface area contributed by atoms with Crippen LogP contribution in [-0.2, 0) is 10.0 Å². The van der Waals surface area contributed by atoms with Crippen molar-refractivity contribution in [2.45, 2.75) is 25.7 Å². The standard InChI is InChI=1S/C22H21N5O3S/c1-15-4-10-20(11-5-15)31(28,29)26-18-6-8-19(9-7-18)30-22-12-21(23-13-24-22)27-14-25-16(2)17(27)3/h4-14,26H,1-3H3. The summed E-state index contributed by atoms with van der Waals surface area (Å²) in [5, 5.41) is 0. The van der Waals surface area contributed by atoms with Gasteiger partial charge in [0, 0.05) is 17.4 Å². The predicted octanol–water partition coefficient (Wildman–Crippen LogP) is 4.18. The maximum absolute atomic E-state index is 12.5. The van der Waals surface area contributed by atoms with Gasteiger partial charge in [0.05, 0.1) is 10.6 Å². The summed E-state index contributed by atoms with van der Waals surface area (Å²) < 4.78 is 35.3. The summed E-state index contributed by atoms with van der Waals surface area (Å²) in [5.74, 6) is 1.52. The van der Waals surface area contributed by atoms with Gasteiger partial charge in [0.15, 0.2) is 0 Å². The normalized spacial score (nSPS) is 11.3. The highest BCUT2D eigenvalue weighted by molar-refractivity contribution is 7.92. The third-order valence-corrected chi connectivity index (χ3v) is 6.18. The van der Waals surface area contributed by atoms with Gasteiger partial charge in [0.25, 0.3) is 10.0 Å². The maximum atomic E-state index is 12.5. The van der Waals surface area contributed by atoms with E-state index in [1.54, 1.807) is 60.9 Å². The van der Waals surface area contributed by atoms with Crippen LogP contribution in [0, 0.1) is 20.8 Å². The first kappa shape index (κ1) is 20.5. The maximum Gasteiger partial charge on any atom is 0.261 e. The molecule has 0 fully saturated rings. The summed E-state index contributed by atoms with van der Waals surface area (Å²) >= 11 is 0. The number of anilines is 1. The molecule has 0 spiro atoms. The molecule has 0 amide bonds. The topological polar surface area (TPSA) is 99.0 Å². The number of rotatable bonds is 6. The van der Waals surface area contributed by atoms with E-state index in [0.29, 0.717) is 23.1 Å². The zero-order valence-electron chi connectivity index (χ0n) is 17.3. The fourth-order valence-electron chi connectivity index (χ4n) is 2.89. The lowest BCUT2D eigenvalue weighted by atomic mass is 10.2. The summed E-state index contributed by atoms with van der Waals surface area (Å²) in [6, 6.07) is 15.0.